The number of hydrogen-bond donors (Lipinski definition) is 1. The maximum atomic E-state index is 12.1. The lowest BCUT2D eigenvalue weighted by atomic mass is 9.90. The van der Waals surface area contributed by atoms with E-state index in [1.807, 2.05) is 18.2 Å². The number of hydrogen-bond acceptors (Lipinski definition) is 2. The first-order chi connectivity index (χ1) is 9.40. The molecule has 1 aromatic rings. The Kier molecular flexibility index (Phi) is 4.33. The van der Waals surface area contributed by atoms with E-state index in [1.54, 1.807) is 17.9 Å². The zero-order valence-electron chi connectivity index (χ0n) is 11.4. The third kappa shape index (κ3) is 3.31. The van der Waals surface area contributed by atoms with Gasteiger partial charge in [-0.05, 0) is 37.5 Å². The van der Waals surface area contributed by atoms with Crippen molar-refractivity contribution in [3.63, 3.8) is 0 Å². The summed E-state index contributed by atoms with van der Waals surface area (Å²) >= 11 is 5.90. The Balaban J connectivity index is 1.89. The van der Waals surface area contributed by atoms with Crippen LogP contribution in [0.3, 0.4) is 0 Å². The molecule has 1 heterocycles. The van der Waals surface area contributed by atoms with E-state index in [-0.39, 0.29) is 5.91 Å². The predicted molar refractivity (Wildman–Crippen MR) is 76.7 cm³/mol. The van der Waals surface area contributed by atoms with Gasteiger partial charge in [0.25, 0.3) is 0 Å². The van der Waals surface area contributed by atoms with Crippen LogP contribution in [0, 0.1) is 5.41 Å². The molecule has 1 amide bonds. The van der Waals surface area contributed by atoms with Crippen LogP contribution >= 0.6 is 11.6 Å². The molecule has 108 valence electrons. The zero-order valence-corrected chi connectivity index (χ0v) is 12.2. The molecule has 1 aliphatic rings. The van der Waals surface area contributed by atoms with E-state index in [2.05, 4.69) is 0 Å². The number of aliphatic carboxylic acids is 1. The monoisotopic (exact) mass is 295 g/mol. The Bertz CT molecular complexity index is 532. The van der Waals surface area contributed by atoms with Gasteiger partial charge in [0.15, 0.2) is 0 Å². The maximum Gasteiger partial charge on any atom is 0.311 e. The Morgan fingerprint density at radius 2 is 2.20 bits per heavy atom. The molecule has 0 saturated carbocycles. The van der Waals surface area contributed by atoms with Gasteiger partial charge in [0.1, 0.15) is 0 Å². The van der Waals surface area contributed by atoms with Crippen LogP contribution in [0.4, 0.5) is 0 Å². The van der Waals surface area contributed by atoms with Crippen molar-refractivity contribution in [2.75, 3.05) is 13.1 Å². The summed E-state index contributed by atoms with van der Waals surface area (Å²) < 4.78 is 0. The Hall–Kier alpha value is -1.55. The number of carbonyl (C=O) groups is 2. The highest BCUT2D eigenvalue weighted by Crippen LogP contribution is 2.30. The molecule has 0 aliphatic carbocycles. The smallest absolute Gasteiger partial charge is 0.311 e. The highest BCUT2D eigenvalue weighted by molar-refractivity contribution is 6.30. The van der Waals surface area contributed by atoms with Crippen molar-refractivity contribution < 1.29 is 14.7 Å². The van der Waals surface area contributed by atoms with Crippen molar-refractivity contribution in [3.05, 3.63) is 34.9 Å². The van der Waals surface area contributed by atoms with Crippen molar-refractivity contribution >= 4 is 23.5 Å². The van der Waals surface area contributed by atoms with Crippen molar-refractivity contribution in [3.8, 4) is 0 Å². The second-order valence-electron chi connectivity index (χ2n) is 5.56. The molecule has 1 saturated heterocycles. The fraction of sp³-hybridized carbons (Fsp3) is 0.467. The molecule has 0 bridgehead atoms. The van der Waals surface area contributed by atoms with Gasteiger partial charge in [0.2, 0.25) is 5.91 Å². The fourth-order valence-corrected chi connectivity index (χ4v) is 2.66. The van der Waals surface area contributed by atoms with Crippen LogP contribution in [0.5, 0.6) is 0 Å². The van der Waals surface area contributed by atoms with Gasteiger partial charge < -0.3 is 10.0 Å². The number of carbonyl (C=O) groups excluding carboxylic acids is 1. The summed E-state index contributed by atoms with van der Waals surface area (Å²) in [6, 6.07) is 7.44. The summed E-state index contributed by atoms with van der Waals surface area (Å²) in [6.45, 7) is 2.52. The largest absolute Gasteiger partial charge is 0.481 e. The summed E-state index contributed by atoms with van der Waals surface area (Å²) in [6.07, 6.45) is 1.53. The van der Waals surface area contributed by atoms with E-state index >= 15 is 0 Å². The third-order valence-electron chi connectivity index (χ3n) is 3.86. The summed E-state index contributed by atoms with van der Waals surface area (Å²) in [5.41, 5.74) is 0.220. The first-order valence-corrected chi connectivity index (χ1v) is 7.04. The summed E-state index contributed by atoms with van der Waals surface area (Å²) in [5.74, 6) is -0.822. The second kappa shape index (κ2) is 5.83. The molecule has 20 heavy (non-hydrogen) atoms. The van der Waals surface area contributed by atoms with Crippen LogP contribution in [0.15, 0.2) is 24.3 Å². The number of likely N-dealkylation sites (tertiary alicyclic amines) is 1. The van der Waals surface area contributed by atoms with Crippen LogP contribution in [-0.2, 0) is 16.0 Å². The van der Waals surface area contributed by atoms with Gasteiger partial charge in [-0.1, -0.05) is 23.7 Å². The molecular formula is C15H18ClNO3. The molecule has 1 fully saturated rings. The number of amides is 1. The molecule has 0 radical (unpaired) electrons. The van der Waals surface area contributed by atoms with Crippen LogP contribution in [-0.4, -0.2) is 35.0 Å². The lowest BCUT2D eigenvalue weighted by Crippen LogP contribution is -2.34. The number of carboxylic acid groups (broad SMARTS) is 1. The summed E-state index contributed by atoms with van der Waals surface area (Å²) in [5, 5.41) is 9.82. The van der Waals surface area contributed by atoms with Crippen LogP contribution < -0.4 is 0 Å². The minimum Gasteiger partial charge on any atom is -0.481 e. The van der Waals surface area contributed by atoms with E-state index in [0.717, 1.165) is 5.56 Å². The first kappa shape index (κ1) is 14.9. The zero-order chi connectivity index (χ0) is 14.8. The fourth-order valence-electron chi connectivity index (χ4n) is 2.45. The van der Waals surface area contributed by atoms with Crippen LogP contribution in [0.2, 0.25) is 5.02 Å². The molecule has 0 aromatic heterocycles. The number of carboxylic acids is 1. The van der Waals surface area contributed by atoms with E-state index in [0.29, 0.717) is 37.4 Å². The number of rotatable bonds is 4. The van der Waals surface area contributed by atoms with E-state index in [9.17, 15) is 9.59 Å². The highest BCUT2D eigenvalue weighted by atomic mass is 35.5. The van der Waals surface area contributed by atoms with Gasteiger partial charge in [-0.2, -0.15) is 0 Å². The molecule has 2 rings (SSSR count). The number of aryl methyl sites for hydroxylation is 1. The quantitative estimate of drug-likeness (QED) is 0.929. The SMILES string of the molecule is CC1(C(=O)O)CCN(C(=O)CCc2cccc(Cl)c2)C1. The average Bonchev–Trinajstić information content (AvgIpc) is 2.80. The molecule has 4 nitrogen and oxygen atoms in total. The van der Waals surface area contributed by atoms with Gasteiger partial charge in [-0.3, -0.25) is 9.59 Å². The highest BCUT2D eigenvalue weighted by Gasteiger charge is 2.41. The number of nitrogens with zero attached hydrogens (tertiary/aromatic N) is 1. The third-order valence-corrected chi connectivity index (χ3v) is 4.09. The lowest BCUT2D eigenvalue weighted by molar-refractivity contribution is -0.147. The molecule has 5 heteroatoms. The van der Waals surface area contributed by atoms with Crippen molar-refractivity contribution in [2.45, 2.75) is 26.2 Å². The van der Waals surface area contributed by atoms with Gasteiger partial charge in [0.05, 0.1) is 5.41 Å². The van der Waals surface area contributed by atoms with Gasteiger partial charge in [0, 0.05) is 24.5 Å². The minimum absolute atomic E-state index is 0.00921. The topological polar surface area (TPSA) is 57.6 Å². The molecule has 1 unspecified atom stereocenters. The maximum absolute atomic E-state index is 12.1. The van der Waals surface area contributed by atoms with Gasteiger partial charge in [-0.25, -0.2) is 0 Å². The first-order valence-electron chi connectivity index (χ1n) is 6.66. The molecule has 1 N–H and O–H groups in total. The lowest BCUT2D eigenvalue weighted by Gasteiger charge is -2.20. The van der Waals surface area contributed by atoms with Crippen LogP contribution in [0.25, 0.3) is 0 Å². The predicted octanol–water partition coefficient (Wildman–Crippen LogP) is 2.60. The van der Waals surface area contributed by atoms with E-state index in [4.69, 9.17) is 16.7 Å². The Morgan fingerprint density at radius 1 is 1.45 bits per heavy atom. The normalized spacial score (nSPS) is 22.0. The molecule has 1 aliphatic heterocycles. The minimum atomic E-state index is -0.831. The second-order valence-corrected chi connectivity index (χ2v) is 6.00. The van der Waals surface area contributed by atoms with Crippen molar-refractivity contribution in [1.82, 2.24) is 4.90 Å². The number of halogens is 1. The summed E-state index contributed by atoms with van der Waals surface area (Å²) in [7, 11) is 0. The molecule has 1 aromatic carbocycles. The van der Waals surface area contributed by atoms with E-state index < -0.39 is 11.4 Å². The van der Waals surface area contributed by atoms with Gasteiger partial charge >= 0.3 is 5.97 Å². The Labute approximate surface area is 123 Å². The Morgan fingerprint density at radius 3 is 2.80 bits per heavy atom. The molecule has 0 spiro atoms. The van der Waals surface area contributed by atoms with Crippen molar-refractivity contribution in [1.29, 1.82) is 0 Å². The van der Waals surface area contributed by atoms with E-state index in [1.165, 1.54) is 0 Å². The molecular weight excluding hydrogens is 278 g/mol. The number of benzene rings is 1. The molecule has 1 atom stereocenters. The van der Waals surface area contributed by atoms with Crippen LogP contribution in [0.1, 0.15) is 25.3 Å². The van der Waals surface area contributed by atoms with Crippen molar-refractivity contribution in [2.24, 2.45) is 5.41 Å². The standard InChI is InChI=1S/C15H18ClNO3/c1-15(14(19)20)7-8-17(10-15)13(18)6-5-11-3-2-4-12(16)9-11/h2-4,9H,5-8,10H2,1H3,(H,19,20). The van der Waals surface area contributed by atoms with Gasteiger partial charge in [-0.15, -0.1) is 0 Å². The average molecular weight is 296 g/mol. The summed E-state index contributed by atoms with van der Waals surface area (Å²) in [4.78, 5) is 24.9.